The predicted octanol–water partition coefficient (Wildman–Crippen LogP) is 8.38. The molecule has 4 nitrogen and oxygen atoms in total. The van der Waals surface area contributed by atoms with Crippen molar-refractivity contribution in [2.45, 2.75) is 124 Å². The first-order valence-electron chi connectivity index (χ1n) is 13.4. The van der Waals surface area contributed by atoms with Crippen LogP contribution in [0.25, 0.3) is 0 Å². The van der Waals surface area contributed by atoms with Crippen molar-refractivity contribution >= 4 is 11.9 Å². The van der Waals surface area contributed by atoms with Crippen molar-refractivity contribution in [1.82, 2.24) is 0 Å². The Morgan fingerprint density at radius 2 is 1.27 bits per heavy atom. The van der Waals surface area contributed by atoms with Gasteiger partial charge in [-0.25, -0.2) is 0 Å². The van der Waals surface area contributed by atoms with Gasteiger partial charge in [0.15, 0.2) is 5.41 Å². The van der Waals surface area contributed by atoms with E-state index in [0.717, 1.165) is 18.4 Å². The minimum absolute atomic E-state index is 0.222. The molecule has 33 heavy (non-hydrogen) atoms. The summed E-state index contributed by atoms with van der Waals surface area (Å²) in [5.41, 5.74) is -0.289. The molecule has 1 aromatic rings. The van der Waals surface area contributed by atoms with Gasteiger partial charge in [-0.15, -0.1) is 0 Å². The van der Waals surface area contributed by atoms with Crippen molar-refractivity contribution in [2.24, 2.45) is 5.41 Å². The average Bonchev–Trinajstić information content (AvgIpc) is 2.81. The van der Waals surface area contributed by atoms with Gasteiger partial charge in [0.1, 0.15) is 5.75 Å². The molecule has 0 aromatic heterocycles. The van der Waals surface area contributed by atoms with Crippen LogP contribution in [-0.4, -0.2) is 18.5 Å². The minimum atomic E-state index is -1.25. The van der Waals surface area contributed by atoms with Crippen molar-refractivity contribution in [3.8, 4) is 5.75 Å². The van der Waals surface area contributed by atoms with E-state index in [1.807, 2.05) is 32.0 Å². The third-order valence-corrected chi connectivity index (χ3v) is 6.71. The molecule has 188 valence electrons. The molecule has 0 saturated carbocycles. The number of hydrogen-bond donors (Lipinski definition) is 0. The molecule has 1 rings (SSSR count). The highest BCUT2D eigenvalue weighted by Crippen LogP contribution is 2.33. The Bertz CT molecular complexity index is 676. The molecular formula is C29H48O4. The lowest BCUT2D eigenvalue weighted by atomic mass is 9.82. The second kappa shape index (κ2) is 16.7. The molecule has 0 spiro atoms. The Hall–Kier alpha value is -1.84. The number of esters is 2. The molecule has 4 heteroatoms. The Labute approximate surface area is 202 Å². The zero-order valence-corrected chi connectivity index (χ0v) is 21.9. The number of benzene rings is 1. The maximum Gasteiger partial charge on any atom is 0.328 e. The lowest BCUT2D eigenvalue weighted by Crippen LogP contribution is -2.42. The van der Waals surface area contributed by atoms with Crippen LogP contribution in [0, 0.1) is 5.41 Å². The maximum atomic E-state index is 13.1. The number of carbonyl (C=O) groups is 2. The zero-order valence-electron chi connectivity index (χ0n) is 21.9. The molecule has 0 fully saturated rings. The van der Waals surface area contributed by atoms with Gasteiger partial charge in [0.05, 0.1) is 6.61 Å². The van der Waals surface area contributed by atoms with Crippen molar-refractivity contribution in [1.29, 1.82) is 0 Å². The first kappa shape index (κ1) is 29.2. The summed E-state index contributed by atoms with van der Waals surface area (Å²) in [5, 5.41) is 0. The SMILES string of the molecule is CCCCCCCCCCCCCOC(=O)C(CC)(CC)C(=O)Oc1ccccc1C(C)C. The minimum Gasteiger partial charge on any atom is -0.465 e. The highest BCUT2D eigenvalue weighted by molar-refractivity contribution is 6.00. The molecule has 0 amide bonds. The standard InChI is InChI=1S/C29H48O4/c1-6-9-10-11-12-13-14-15-16-17-20-23-32-27(30)29(7-2,8-3)28(31)33-26-22-19-18-21-25(26)24(4)5/h18-19,21-22,24H,6-17,20,23H2,1-5H3. The first-order valence-corrected chi connectivity index (χ1v) is 13.4. The Morgan fingerprint density at radius 1 is 0.758 bits per heavy atom. The number of rotatable bonds is 18. The molecule has 1 aromatic carbocycles. The van der Waals surface area contributed by atoms with Crippen LogP contribution in [0.2, 0.25) is 0 Å². The van der Waals surface area contributed by atoms with Gasteiger partial charge >= 0.3 is 11.9 Å². The van der Waals surface area contributed by atoms with E-state index in [-0.39, 0.29) is 5.92 Å². The summed E-state index contributed by atoms with van der Waals surface area (Å²) in [7, 11) is 0. The van der Waals surface area contributed by atoms with E-state index >= 15 is 0 Å². The van der Waals surface area contributed by atoms with E-state index in [0.29, 0.717) is 25.2 Å². The highest BCUT2D eigenvalue weighted by atomic mass is 16.6. The lowest BCUT2D eigenvalue weighted by molar-refractivity contribution is -0.168. The average molecular weight is 461 g/mol. The monoisotopic (exact) mass is 460 g/mol. The van der Waals surface area contributed by atoms with Crippen LogP contribution in [0.1, 0.15) is 130 Å². The summed E-state index contributed by atoms with van der Waals surface area (Å²) < 4.78 is 11.3. The molecule has 0 radical (unpaired) electrons. The quantitative estimate of drug-likeness (QED) is 0.0955. The molecule has 0 atom stereocenters. The van der Waals surface area contributed by atoms with E-state index in [9.17, 15) is 9.59 Å². The zero-order chi connectivity index (χ0) is 24.5. The van der Waals surface area contributed by atoms with Crippen LogP contribution in [0.15, 0.2) is 24.3 Å². The number of ether oxygens (including phenoxy) is 2. The van der Waals surface area contributed by atoms with Crippen LogP contribution >= 0.6 is 0 Å². The molecule has 0 aliphatic heterocycles. The molecule has 0 aliphatic carbocycles. The van der Waals surface area contributed by atoms with E-state index in [1.165, 1.54) is 57.8 Å². The smallest absolute Gasteiger partial charge is 0.328 e. The Morgan fingerprint density at radius 3 is 1.79 bits per heavy atom. The van der Waals surface area contributed by atoms with Gasteiger partial charge in [0.2, 0.25) is 0 Å². The predicted molar refractivity (Wildman–Crippen MR) is 137 cm³/mol. The summed E-state index contributed by atoms with van der Waals surface area (Å²) in [5.74, 6) is -0.210. The number of para-hydroxylation sites is 1. The second-order valence-electron chi connectivity index (χ2n) is 9.54. The van der Waals surface area contributed by atoms with Crippen molar-refractivity contribution < 1.29 is 19.1 Å². The highest BCUT2D eigenvalue weighted by Gasteiger charge is 2.46. The summed E-state index contributed by atoms with van der Waals surface area (Å²) in [6, 6.07) is 7.53. The van der Waals surface area contributed by atoms with Gasteiger partial charge in [-0.05, 0) is 36.8 Å². The molecule has 0 bridgehead atoms. The summed E-state index contributed by atoms with van der Waals surface area (Å²) in [4.78, 5) is 26.0. The van der Waals surface area contributed by atoms with Gasteiger partial charge in [-0.2, -0.15) is 0 Å². The van der Waals surface area contributed by atoms with Crippen LogP contribution in [0.4, 0.5) is 0 Å². The molecule has 0 saturated heterocycles. The van der Waals surface area contributed by atoms with Gasteiger partial charge in [-0.1, -0.05) is 117 Å². The van der Waals surface area contributed by atoms with Gasteiger partial charge < -0.3 is 9.47 Å². The molecule has 0 unspecified atom stereocenters. The summed E-state index contributed by atoms with van der Waals surface area (Å²) >= 11 is 0. The van der Waals surface area contributed by atoms with Crippen LogP contribution in [-0.2, 0) is 14.3 Å². The van der Waals surface area contributed by atoms with Crippen LogP contribution < -0.4 is 4.74 Å². The largest absolute Gasteiger partial charge is 0.465 e. The molecule has 0 N–H and O–H groups in total. The number of hydrogen-bond acceptors (Lipinski definition) is 4. The summed E-state index contributed by atoms with van der Waals surface area (Å²) in [6.07, 6.45) is 14.4. The Kier molecular flexibility index (Phi) is 14.8. The Balaban J connectivity index is 2.42. The summed E-state index contributed by atoms with van der Waals surface area (Å²) in [6.45, 7) is 10.4. The van der Waals surface area contributed by atoms with Crippen molar-refractivity contribution in [3.63, 3.8) is 0 Å². The van der Waals surface area contributed by atoms with E-state index in [2.05, 4.69) is 20.8 Å². The van der Waals surface area contributed by atoms with E-state index in [1.54, 1.807) is 6.07 Å². The molecular weight excluding hydrogens is 412 g/mol. The topological polar surface area (TPSA) is 52.6 Å². The fourth-order valence-electron chi connectivity index (χ4n) is 4.23. The molecule has 0 heterocycles. The fourth-order valence-corrected chi connectivity index (χ4v) is 4.23. The van der Waals surface area contributed by atoms with Crippen molar-refractivity contribution in [3.05, 3.63) is 29.8 Å². The normalized spacial score (nSPS) is 11.6. The number of carbonyl (C=O) groups excluding carboxylic acids is 2. The third kappa shape index (κ3) is 9.90. The molecule has 0 aliphatic rings. The van der Waals surface area contributed by atoms with Gasteiger partial charge in [0.25, 0.3) is 0 Å². The lowest BCUT2D eigenvalue weighted by Gasteiger charge is -2.27. The fraction of sp³-hybridized carbons (Fsp3) is 0.724. The van der Waals surface area contributed by atoms with Gasteiger partial charge in [-0.3, -0.25) is 9.59 Å². The van der Waals surface area contributed by atoms with E-state index in [4.69, 9.17) is 9.47 Å². The number of unbranched alkanes of at least 4 members (excludes halogenated alkanes) is 10. The maximum absolute atomic E-state index is 13.1. The van der Waals surface area contributed by atoms with Gasteiger partial charge in [0, 0.05) is 0 Å². The van der Waals surface area contributed by atoms with Crippen LogP contribution in [0.5, 0.6) is 5.75 Å². The third-order valence-electron chi connectivity index (χ3n) is 6.71. The van der Waals surface area contributed by atoms with E-state index < -0.39 is 17.4 Å². The van der Waals surface area contributed by atoms with Crippen LogP contribution in [0.3, 0.4) is 0 Å². The second-order valence-corrected chi connectivity index (χ2v) is 9.54. The first-order chi connectivity index (χ1) is 15.9. The van der Waals surface area contributed by atoms with Crippen molar-refractivity contribution in [2.75, 3.05) is 6.61 Å².